The van der Waals surface area contributed by atoms with Gasteiger partial charge in [0.2, 0.25) is 6.41 Å². The number of nitrogens with one attached hydrogen (secondary N) is 1. The Morgan fingerprint density at radius 1 is 1.67 bits per heavy atom. The van der Waals surface area contributed by atoms with Crippen molar-refractivity contribution in [3.05, 3.63) is 9.93 Å². The molecular formula is C6H7NO3S2. The molecule has 0 saturated carbocycles. The predicted molar refractivity (Wildman–Crippen MR) is 48.5 cm³/mol. The standard InChI is InChI=1S/C6H7NO3S2/c1-3-11-6(12-3)4(5(9)10)7-2-8/h2-3H,1H3,(H,7,8)(H,9,10). The number of thioether (sulfide) groups is 2. The van der Waals surface area contributed by atoms with Crippen molar-refractivity contribution in [3.8, 4) is 0 Å². The highest BCUT2D eigenvalue weighted by atomic mass is 32.3. The van der Waals surface area contributed by atoms with E-state index >= 15 is 0 Å². The van der Waals surface area contributed by atoms with Gasteiger partial charge in [0.1, 0.15) is 5.70 Å². The molecule has 1 amide bonds. The highest BCUT2D eigenvalue weighted by Gasteiger charge is 2.27. The van der Waals surface area contributed by atoms with Gasteiger partial charge in [0, 0.05) is 0 Å². The first-order valence-electron chi connectivity index (χ1n) is 3.16. The van der Waals surface area contributed by atoms with E-state index in [1.165, 1.54) is 23.5 Å². The van der Waals surface area contributed by atoms with Gasteiger partial charge in [-0.25, -0.2) is 4.79 Å². The summed E-state index contributed by atoms with van der Waals surface area (Å²) < 4.78 is 1.05. The molecule has 1 aliphatic heterocycles. The number of carbonyl (C=O) groups is 2. The van der Waals surface area contributed by atoms with Crippen molar-refractivity contribution in [2.24, 2.45) is 0 Å². The summed E-state index contributed by atoms with van der Waals surface area (Å²) in [7, 11) is 0. The van der Waals surface area contributed by atoms with Gasteiger partial charge < -0.3 is 10.4 Å². The fourth-order valence-corrected chi connectivity index (χ4v) is 3.00. The minimum atomic E-state index is -1.09. The van der Waals surface area contributed by atoms with Crippen LogP contribution in [0.1, 0.15) is 6.92 Å². The Labute approximate surface area is 77.8 Å². The first-order valence-corrected chi connectivity index (χ1v) is 4.92. The van der Waals surface area contributed by atoms with Crippen molar-refractivity contribution in [1.29, 1.82) is 0 Å². The molecule has 0 unspecified atom stereocenters. The number of carboxylic acids is 1. The SMILES string of the molecule is CC1SC(=C(NC=O)C(=O)O)S1. The normalized spacial score (nSPS) is 21.1. The Hall–Kier alpha value is -0.620. The first-order chi connectivity index (χ1) is 5.65. The van der Waals surface area contributed by atoms with Crippen LogP contribution in [0.25, 0.3) is 0 Å². The number of carbonyl (C=O) groups excluding carboxylic acids is 1. The van der Waals surface area contributed by atoms with Crippen molar-refractivity contribution in [3.63, 3.8) is 0 Å². The molecule has 0 aromatic rings. The molecule has 66 valence electrons. The summed E-state index contributed by atoms with van der Waals surface area (Å²) in [5.41, 5.74) is -0.0156. The summed E-state index contributed by atoms with van der Waals surface area (Å²) in [5.74, 6) is -1.09. The fourth-order valence-electron chi connectivity index (χ4n) is 0.695. The molecule has 0 aliphatic carbocycles. The average Bonchev–Trinajstić information content (AvgIpc) is 1.94. The number of hydrogen-bond donors (Lipinski definition) is 2. The van der Waals surface area contributed by atoms with Crippen molar-refractivity contribution in [2.75, 3.05) is 0 Å². The third kappa shape index (κ3) is 1.95. The number of amides is 1. The summed E-state index contributed by atoms with van der Waals surface area (Å²) in [6.07, 6.45) is 0.376. The molecule has 1 aliphatic rings. The molecule has 0 radical (unpaired) electrons. The van der Waals surface area contributed by atoms with Gasteiger partial charge in [-0.2, -0.15) is 0 Å². The molecule has 1 fully saturated rings. The van der Waals surface area contributed by atoms with Crippen LogP contribution in [0.15, 0.2) is 9.93 Å². The monoisotopic (exact) mass is 205 g/mol. The highest BCUT2D eigenvalue weighted by Crippen LogP contribution is 2.51. The van der Waals surface area contributed by atoms with Crippen LogP contribution in [0.4, 0.5) is 0 Å². The minimum absolute atomic E-state index is 0.0156. The molecule has 12 heavy (non-hydrogen) atoms. The molecular weight excluding hydrogens is 198 g/mol. The van der Waals surface area contributed by atoms with Crippen LogP contribution in [-0.2, 0) is 9.59 Å². The van der Waals surface area contributed by atoms with E-state index in [1.54, 1.807) is 0 Å². The van der Waals surface area contributed by atoms with Crippen LogP contribution in [0.2, 0.25) is 0 Å². The minimum Gasteiger partial charge on any atom is -0.477 e. The summed E-state index contributed by atoms with van der Waals surface area (Å²) in [4.78, 5) is 20.5. The van der Waals surface area contributed by atoms with E-state index in [0.717, 1.165) is 0 Å². The van der Waals surface area contributed by atoms with Crippen molar-refractivity contribution in [2.45, 2.75) is 11.5 Å². The van der Waals surface area contributed by atoms with E-state index < -0.39 is 5.97 Å². The number of carboxylic acid groups (broad SMARTS) is 1. The van der Waals surface area contributed by atoms with Crippen molar-refractivity contribution < 1.29 is 14.7 Å². The van der Waals surface area contributed by atoms with Crippen molar-refractivity contribution in [1.82, 2.24) is 5.32 Å². The summed E-state index contributed by atoms with van der Waals surface area (Å²) in [6, 6.07) is 0. The maximum absolute atomic E-state index is 10.5. The van der Waals surface area contributed by atoms with E-state index in [9.17, 15) is 9.59 Å². The Morgan fingerprint density at radius 2 is 2.25 bits per heavy atom. The van der Waals surface area contributed by atoms with Crippen LogP contribution in [0.5, 0.6) is 0 Å². The third-order valence-electron chi connectivity index (χ3n) is 1.17. The molecule has 6 heteroatoms. The van der Waals surface area contributed by atoms with Crippen LogP contribution in [-0.4, -0.2) is 22.1 Å². The largest absolute Gasteiger partial charge is 0.477 e. The molecule has 0 spiro atoms. The lowest BCUT2D eigenvalue weighted by Crippen LogP contribution is -2.22. The van der Waals surface area contributed by atoms with Crippen LogP contribution in [0.3, 0.4) is 0 Å². The summed E-state index contributed by atoms with van der Waals surface area (Å²) in [5, 5.41) is 10.8. The lowest BCUT2D eigenvalue weighted by Gasteiger charge is -2.24. The van der Waals surface area contributed by atoms with E-state index in [1.807, 2.05) is 6.92 Å². The summed E-state index contributed by atoms with van der Waals surface area (Å²) >= 11 is 2.89. The zero-order valence-corrected chi connectivity index (χ0v) is 7.87. The van der Waals surface area contributed by atoms with Gasteiger partial charge in [0.25, 0.3) is 0 Å². The number of aliphatic carboxylic acids is 1. The van der Waals surface area contributed by atoms with Gasteiger partial charge in [0.15, 0.2) is 0 Å². The van der Waals surface area contributed by atoms with E-state index in [0.29, 0.717) is 15.2 Å². The lowest BCUT2D eigenvalue weighted by atomic mass is 10.5. The fraction of sp³-hybridized carbons (Fsp3) is 0.333. The topological polar surface area (TPSA) is 66.4 Å². The van der Waals surface area contributed by atoms with Gasteiger partial charge in [-0.15, -0.1) is 23.5 Å². The maximum atomic E-state index is 10.5. The highest BCUT2D eigenvalue weighted by molar-refractivity contribution is 8.38. The van der Waals surface area contributed by atoms with Crippen LogP contribution >= 0.6 is 23.5 Å². The Bertz CT molecular complexity index is 243. The zero-order chi connectivity index (χ0) is 9.14. The molecule has 0 aromatic heterocycles. The number of rotatable bonds is 3. The first kappa shape index (κ1) is 9.47. The molecule has 0 aromatic carbocycles. The Balaban J connectivity index is 2.71. The quantitative estimate of drug-likeness (QED) is 0.527. The maximum Gasteiger partial charge on any atom is 0.354 e. The van der Waals surface area contributed by atoms with Crippen LogP contribution in [0, 0.1) is 0 Å². The zero-order valence-electron chi connectivity index (χ0n) is 6.23. The molecule has 1 heterocycles. The van der Waals surface area contributed by atoms with Gasteiger partial charge in [-0.1, -0.05) is 0 Å². The van der Waals surface area contributed by atoms with E-state index in [-0.39, 0.29) is 5.70 Å². The summed E-state index contributed by atoms with van der Waals surface area (Å²) in [6.45, 7) is 1.97. The molecule has 0 atom stereocenters. The van der Waals surface area contributed by atoms with Crippen molar-refractivity contribution >= 4 is 35.9 Å². The second kappa shape index (κ2) is 3.86. The third-order valence-corrected chi connectivity index (χ3v) is 3.82. The smallest absolute Gasteiger partial charge is 0.354 e. The van der Waals surface area contributed by atoms with Gasteiger partial charge in [-0.3, -0.25) is 4.79 Å². The molecule has 1 saturated heterocycles. The Kier molecular flexibility index (Phi) is 3.05. The molecule has 0 bridgehead atoms. The lowest BCUT2D eigenvalue weighted by molar-refractivity contribution is -0.133. The second-order valence-electron chi connectivity index (χ2n) is 2.03. The predicted octanol–water partition coefficient (Wildman–Crippen LogP) is 0.812. The van der Waals surface area contributed by atoms with Gasteiger partial charge in [-0.05, 0) is 6.92 Å². The van der Waals surface area contributed by atoms with Crippen LogP contribution < -0.4 is 5.32 Å². The molecule has 1 rings (SSSR count). The molecule has 4 nitrogen and oxygen atoms in total. The second-order valence-corrected chi connectivity index (χ2v) is 5.29. The Morgan fingerprint density at radius 3 is 2.58 bits per heavy atom. The van der Waals surface area contributed by atoms with Gasteiger partial charge in [0.05, 0.1) is 8.82 Å². The molecule has 2 N–H and O–H groups in total. The van der Waals surface area contributed by atoms with E-state index in [4.69, 9.17) is 5.11 Å². The number of hydrogen-bond acceptors (Lipinski definition) is 4. The van der Waals surface area contributed by atoms with Gasteiger partial charge >= 0.3 is 5.97 Å². The average molecular weight is 205 g/mol. The van der Waals surface area contributed by atoms with E-state index in [2.05, 4.69) is 5.32 Å².